The van der Waals surface area contributed by atoms with Crippen LogP contribution in [0.4, 0.5) is 0 Å². The molecule has 8 saturated carbocycles. The van der Waals surface area contributed by atoms with Gasteiger partial charge < -0.3 is 0 Å². The van der Waals surface area contributed by atoms with Crippen LogP contribution < -0.4 is 85.1 Å². The van der Waals surface area contributed by atoms with E-state index in [0.717, 1.165) is 94.7 Å². The Morgan fingerprint density at radius 2 is 0.173 bits per heavy atom. The fourth-order valence-corrected chi connectivity index (χ4v) is 23.9. The van der Waals surface area contributed by atoms with E-state index < -0.39 is 0 Å². The minimum absolute atomic E-state index is 0. The number of nitrogens with one attached hydrogen (secondary N) is 16. The Kier molecular flexibility index (Phi) is 17.2. The van der Waals surface area contributed by atoms with E-state index in [1.807, 2.05) is 0 Å². The molecule has 0 spiro atoms. The molecule has 16 bridgehead atoms. The second-order valence-electron chi connectivity index (χ2n) is 31.2. The van der Waals surface area contributed by atoms with Crippen LogP contribution in [-0.2, 0) is 0 Å². The first-order valence-corrected chi connectivity index (χ1v) is 35.8. The van der Waals surface area contributed by atoms with Gasteiger partial charge in [-0.25, -0.2) is 0 Å². The minimum Gasteiger partial charge on any atom is -0.286 e. The van der Waals surface area contributed by atoms with Crippen molar-refractivity contribution in [3.63, 3.8) is 0 Å². The molecule has 0 aromatic rings. The van der Waals surface area contributed by atoms with Crippen LogP contribution in [0.15, 0.2) is 0 Å². The molecule has 10 saturated heterocycles. The first kappa shape index (κ1) is 56.9. The van der Waals surface area contributed by atoms with E-state index in [-0.39, 0.29) is 39.9 Å². The third kappa shape index (κ3) is 10.6. The van der Waals surface area contributed by atoms with Crippen molar-refractivity contribution in [1.29, 1.82) is 0 Å². The van der Waals surface area contributed by atoms with Crippen molar-refractivity contribution < 1.29 is 39.9 Å². The Labute approximate surface area is 520 Å². The molecule has 10 heterocycles. The molecular weight excluding hydrogens is 1150 g/mol. The van der Waals surface area contributed by atoms with E-state index in [2.05, 4.69) is 85.1 Å². The van der Waals surface area contributed by atoms with Gasteiger partial charge in [-0.15, -0.1) is 0 Å². The average Bonchev–Trinajstić information content (AvgIpc) is 4.47. The van der Waals surface area contributed by atoms with Gasteiger partial charge in [-0.2, -0.15) is 0 Å². The topological polar surface area (TPSA) is 192 Å². The predicted octanol–water partition coefficient (Wildman–Crippen LogP) is 5.21. The average molecular weight is 1260 g/mol. The van der Waals surface area contributed by atoms with Crippen LogP contribution in [-0.4, -0.2) is 98.7 Å². The molecule has 456 valence electrons. The van der Waals surface area contributed by atoms with Crippen molar-refractivity contribution in [3.05, 3.63) is 0 Å². The third-order valence-electron chi connectivity index (χ3n) is 27.6. The molecule has 17 heteroatoms. The Balaban J connectivity index is 0.000000132. The summed E-state index contributed by atoms with van der Waals surface area (Å²) in [6.07, 6.45) is 51.1. The van der Waals surface area contributed by atoms with Crippen molar-refractivity contribution in [3.8, 4) is 0 Å². The van der Waals surface area contributed by atoms with Gasteiger partial charge in [0.25, 0.3) is 0 Å². The van der Waals surface area contributed by atoms with E-state index in [0.29, 0.717) is 98.7 Å². The molecule has 0 aromatic heterocycles. The molecular formula is C64H112GdN16. The first-order chi connectivity index (χ1) is 39.6. The van der Waals surface area contributed by atoms with Crippen molar-refractivity contribution in [2.45, 2.75) is 304 Å². The number of fused-ring (bicyclic) bond motifs is 40. The molecule has 8 aliphatic carbocycles. The summed E-state index contributed by atoms with van der Waals surface area (Å²) in [6, 6.07) is 0. The van der Waals surface area contributed by atoms with E-state index in [4.69, 9.17) is 0 Å². The van der Waals surface area contributed by atoms with Crippen molar-refractivity contribution in [1.82, 2.24) is 85.1 Å². The van der Waals surface area contributed by atoms with Gasteiger partial charge in [0.05, 0.1) is 98.7 Å². The van der Waals surface area contributed by atoms with Gasteiger partial charge in [0.2, 0.25) is 0 Å². The normalized spacial score (nSPS) is 56.9. The summed E-state index contributed by atoms with van der Waals surface area (Å²) in [5, 5.41) is 67.6. The first-order valence-electron chi connectivity index (χ1n) is 35.8. The van der Waals surface area contributed by atoms with E-state index in [1.165, 1.54) is 205 Å². The summed E-state index contributed by atoms with van der Waals surface area (Å²) >= 11 is 0. The van der Waals surface area contributed by atoms with Gasteiger partial charge in [-0.1, -0.05) is 103 Å². The molecule has 0 radical (unpaired) electrons. The van der Waals surface area contributed by atoms with Crippen molar-refractivity contribution in [2.75, 3.05) is 0 Å². The molecule has 10 aliphatic heterocycles. The Morgan fingerprint density at radius 3 is 0.235 bits per heavy atom. The van der Waals surface area contributed by atoms with Gasteiger partial charge in [0, 0.05) is 39.9 Å². The molecule has 16 nitrogen and oxygen atoms in total. The van der Waals surface area contributed by atoms with Gasteiger partial charge in [-0.05, 0) is 197 Å². The van der Waals surface area contributed by atoms with Crippen molar-refractivity contribution >= 4 is 0 Å². The fraction of sp³-hybridized carbons (Fsp3) is 1.00. The molecule has 16 unspecified atom stereocenters. The Morgan fingerprint density at radius 1 is 0.111 bits per heavy atom. The van der Waals surface area contributed by atoms with Gasteiger partial charge in [0.1, 0.15) is 0 Å². The predicted molar refractivity (Wildman–Crippen MR) is 314 cm³/mol. The summed E-state index contributed by atoms with van der Waals surface area (Å²) < 4.78 is 0. The van der Waals surface area contributed by atoms with Crippen LogP contribution >= 0.6 is 0 Å². The Hall–Kier alpha value is 0.685. The molecule has 81 heavy (non-hydrogen) atoms. The largest absolute Gasteiger partial charge is 0.286 e. The van der Waals surface area contributed by atoms with Crippen LogP contribution in [0.25, 0.3) is 0 Å². The van der Waals surface area contributed by atoms with Crippen LogP contribution in [0.2, 0.25) is 0 Å². The maximum Gasteiger partial charge on any atom is 0.0628 e. The van der Waals surface area contributed by atoms with Crippen LogP contribution in [0.3, 0.4) is 0 Å². The quantitative estimate of drug-likeness (QED) is 0.151. The molecule has 0 amide bonds. The molecule has 18 fully saturated rings. The summed E-state index contributed by atoms with van der Waals surface area (Å²) in [4.78, 5) is 0. The zero-order chi connectivity index (χ0) is 52.4. The number of rotatable bonds is 0. The zero-order valence-corrected chi connectivity index (χ0v) is 51.7. The van der Waals surface area contributed by atoms with Crippen LogP contribution in [0.5, 0.6) is 0 Å². The van der Waals surface area contributed by atoms with Gasteiger partial charge >= 0.3 is 0 Å². The van der Waals surface area contributed by atoms with E-state index in [1.54, 1.807) is 0 Å². The summed E-state index contributed by atoms with van der Waals surface area (Å²) in [7, 11) is 0. The number of hydrogen-bond donors (Lipinski definition) is 16. The van der Waals surface area contributed by atoms with Gasteiger partial charge in [-0.3, -0.25) is 85.1 Å². The molecule has 16 N–H and O–H groups in total. The fourth-order valence-electron chi connectivity index (χ4n) is 23.9. The number of hydrogen-bond acceptors (Lipinski definition) is 16. The smallest absolute Gasteiger partial charge is 0.0628 e. The van der Waals surface area contributed by atoms with Crippen LogP contribution in [0, 0.1) is 135 Å². The maximum atomic E-state index is 4.26. The molecule has 0 aromatic carbocycles. The van der Waals surface area contributed by atoms with Crippen molar-refractivity contribution in [2.24, 2.45) is 94.7 Å². The van der Waals surface area contributed by atoms with Crippen LogP contribution in [0.1, 0.15) is 205 Å². The summed E-state index contributed by atoms with van der Waals surface area (Å²) in [5.41, 5.74) is 0. The standard InChI is InChI=1S/2C32H56N8.Gd/c2*1-2-10-18-17(9-1)25-33-26(18)38-28-21-13-5-6-14-22(21)30(35-28)40-32-24-16-8-7-15-23(24)31(36-32)39-29-20-12-4-3-11-19(20)27(34-29)37-25;/h2*17-40H,1-16H2;. The van der Waals surface area contributed by atoms with E-state index >= 15 is 0 Å². The van der Waals surface area contributed by atoms with E-state index in [9.17, 15) is 0 Å². The maximum absolute atomic E-state index is 4.26. The summed E-state index contributed by atoms with van der Waals surface area (Å²) in [5.74, 6) is 11.9. The van der Waals surface area contributed by atoms with Gasteiger partial charge in [0.15, 0.2) is 0 Å². The Bertz CT molecular complexity index is 1570. The monoisotopic (exact) mass is 1260 g/mol. The second kappa shape index (κ2) is 24.5. The summed E-state index contributed by atoms with van der Waals surface area (Å²) in [6.45, 7) is 0. The third-order valence-corrected chi connectivity index (χ3v) is 27.6. The second-order valence-corrected chi connectivity index (χ2v) is 31.2. The molecule has 16 atom stereocenters. The molecule has 18 aliphatic rings. The zero-order valence-electron chi connectivity index (χ0n) is 49.5. The SMILES string of the molecule is C1CCC2C3NC(NC4NC(NC5NC(NC6NC(N3)C3CCCCC63)C3CCCCC53)C3CCCCC43)C2C1.C1CCC2C3NC(NC4NC(NC5NC(NC6NC(N3)C3CCCCC63)C3CCCCC53)C3CCCCC43)C2C1.[Gd]. The molecule has 18 rings (SSSR count). The minimum atomic E-state index is 0.